The van der Waals surface area contributed by atoms with Gasteiger partial charge in [0.25, 0.3) is 5.91 Å². The van der Waals surface area contributed by atoms with Crippen molar-refractivity contribution in [3.63, 3.8) is 0 Å². The van der Waals surface area contributed by atoms with E-state index >= 15 is 0 Å². The minimum atomic E-state index is 0.0392. The first-order valence-electron chi connectivity index (χ1n) is 8.89. The zero-order valence-corrected chi connectivity index (χ0v) is 16.8. The summed E-state index contributed by atoms with van der Waals surface area (Å²) in [4.78, 5) is 16.7. The maximum Gasteiger partial charge on any atom is 0.279 e. The van der Waals surface area contributed by atoms with Gasteiger partial charge in [-0.1, -0.05) is 17.7 Å². The number of piperazine rings is 1. The molecule has 0 bridgehead atoms. The topological polar surface area (TPSA) is 47.2 Å². The molecule has 1 aromatic carbocycles. The molecular formula is C19H26ClN3O2S+2. The van der Waals surface area contributed by atoms with Crippen LogP contribution in [0.3, 0.4) is 0 Å². The van der Waals surface area contributed by atoms with E-state index in [0.717, 1.165) is 48.3 Å². The number of carbonyl (C=O) groups is 1. The summed E-state index contributed by atoms with van der Waals surface area (Å²) < 4.78 is 6.18. The summed E-state index contributed by atoms with van der Waals surface area (Å²) in [6.07, 6.45) is 0. The van der Waals surface area contributed by atoms with Crippen LogP contribution < -0.4 is 19.9 Å². The molecule has 0 saturated carbocycles. The molecule has 7 heteroatoms. The van der Waals surface area contributed by atoms with E-state index in [-0.39, 0.29) is 5.91 Å². The summed E-state index contributed by atoms with van der Waals surface area (Å²) in [5.74, 6) is 0.736. The van der Waals surface area contributed by atoms with Crippen LogP contribution in [0.5, 0.6) is 5.75 Å². The normalized spacial score (nSPS) is 20.0. The van der Waals surface area contributed by atoms with Crippen LogP contribution in [0, 0.1) is 6.92 Å². The number of aryl methyl sites for hydroxylation is 1. The van der Waals surface area contributed by atoms with E-state index < -0.39 is 0 Å². The minimum Gasteiger partial charge on any atom is -0.495 e. The van der Waals surface area contributed by atoms with Crippen molar-refractivity contribution in [1.82, 2.24) is 0 Å². The highest BCUT2D eigenvalue weighted by atomic mass is 35.5. The molecule has 140 valence electrons. The molecule has 2 heterocycles. The first kappa shape index (κ1) is 19.2. The van der Waals surface area contributed by atoms with Crippen LogP contribution in [0.25, 0.3) is 0 Å². The third kappa shape index (κ3) is 5.20. The SMILES string of the molecule is COc1ccc(C)cc1NC(=O)C[NH+]1CC[NH+](Cc2ccc(Cl)s2)CC1. The quantitative estimate of drug-likeness (QED) is 0.672. The van der Waals surface area contributed by atoms with Gasteiger partial charge in [0.15, 0.2) is 6.54 Å². The van der Waals surface area contributed by atoms with Crippen LogP contribution in [-0.4, -0.2) is 45.7 Å². The third-order valence-electron chi connectivity index (χ3n) is 4.76. The molecule has 0 aliphatic carbocycles. The second-order valence-electron chi connectivity index (χ2n) is 6.81. The molecule has 1 aliphatic heterocycles. The van der Waals surface area contributed by atoms with Crippen LogP contribution in [0.4, 0.5) is 5.69 Å². The third-order valence-corrected chi connectivity index (χ3v) is 5.99. The summed E-state index contributed by atoms with van der Waals surface area (Å²) in [6.45, 7) is 7.69. The summed E-state index contributed by atoms with van der Waals surface area (Å²) in [7, 11) is 1.62. The summed E-state index contributed by atoms with van der Waals surface area (Å²) in [6, 6.07) is 9.88. The first-order chi connectivity index (χ1) is 12.5. The van der Waals surface area contributed by atoms with Crippen molar-refractivity contribution in [2.24, 2.45) is 0 Å². The van der Waals surface area contributed by atoms with Crippen LogP contribution >= 0.6 is 22.9 Å². The molecule has 3 rings (SSSR count). The lowest BCUT2D eigenvalue weighted by atomic mass is 10.2. The molecule has 3 N–H and O–H groups in total. The molecule has 5 nitrogen and oxygen atoms in total. The number of rotatable bonds is 6. The van der Waals surface area contributed by atoms with Gasteiger partial charge in [-0.3, -0.25) is 4.79 Å². The average molecular weight is 396 g/mol. The Kier molecular flexibility index (Phi) is 6.53. The van der Waals surface area contributed by atoms with Gasteiger partial charge in [-0.15, -0.1) is 11.3 Å². The van der Waals surface area contributed by atoms with Crippen molar-refractivity contribution in [1.29, 1.82) is 0 Å². The molecule has 26 heavy (non-hydrogen) atoms. The van der Waals surface area contributed by atoms with Crippen molar-refractivity contribution >= 4 is 34.5 Å². The molecule has 0 atom stereocenters. The molecule has 0 unspecified atom stereocenters. The average Bonchev–Trinajstić information content (AvgIpc) is 3.02. The van der Waals surface area contributed by atoms with Crippen molar-refractivity contribution in [3.05, 3.63) is 45.1 Å². The highest BCUT2D eigenvalue weighted by molar-refractivity contribution is 7.16. The molecule has 1 saturated heterocycles. The Hall–Kier alpha value is -1.60. The predicted molar refractivity (Wildman–Crippen MR) is 106 cm³/mol. The van der Waals surface area contributed by atoms with E-state index in [4.69, 9.17) is 16.3 Å². The van der Waals surface area contributed by atoms with Gasteiger partial charge in [0.05, 0.1) is 22.0 Å². The molecule has 0 spiro atoms. The van der Waals surface area contributed by atoms with Gasteiger partial charge in [0, 0.05) is 0 Å². The Morgan fingerprint density at radius 1 is 1.19 bits per heavy atom. The Labute approximate surface area is 163 Å². The second-order valence-corrected chi connectivity index (χ2v) is 8.61. The number of hydrogen-bond donors (Lipinski definition) is 3. The molecule has 1 aromatic heterocycles. The number of amides is 1. The summed E-state index contributed by atoms with van der Waals surface area (Å²) >= 11 is 7.67. The monoisotopic (exact) mass is 395 g/mol. The van der Waals surface area contributed by atoms with Crippen molar-refractivity contribution < 1.29 is 19.3 Å². The van der Waals surface area contributed by atoms with Crippen LogP contribution in [0.2, 0.25) is 4.34 Å². The summed E-state index contributed by atoms with van der Waals surface area (Å²) in [5.41, 5.74) is 1.84. The van der Waals surface area contributed by atoms with Gasteiger partial charge in [-0.25, -0.2) is 0 Å². The molecule has 1 amide bonds. The lowest BCUT2D eigenvalue weighted by molar-refractivity contribution is -1.01. The fourth-order valence-electron chi connectivity index (χ4n) is 3.34. The van der Waals surface area contributed by atoms with Crippen LogP contribution in [-0.2, 0) is 11.3 Å². The molecule has 1 aliphatic rings. The van der Waals surface area contributed by atoms with Crippen molar-refractivity contribution in [2.45, 2.75) is 13.5 Å². The van der Waals surface area contributed by atoms with E-state index in [1.54, 1.807) is 23.3 Å². The van der Waals surface area contributed by atoms with E-state index in [9.17, 15) is 4.79 Å². The number of benzene rings is 1. The number of ether oxygens (including phenoxy) is 1. The lowest BCUT2D eigenvalue weighted by Crippen LogP contribution is -3.28. The van der Waals surface area contributed by atoms with Gasteiger partial charge in [0.1, 0.15) is 38.5 Å². The van der Waals surface area contributed by atoms with E-state index in [2.05, 4.69) is 11.4 Å². The number of quaternary nitrogens is 2. The molecule has 0 radical (unpaired) electrons. The van der Waals surface area contributed by atoms with Crippen LogP contribution in [0.15, 0.2) is 30.3 Å². The second kappa shape index (κ2) is 8.86. The zero-order valence-electron chi connectivity index (χ0n) is 15.2. The van der Waals surface area contributed by atoms with E-state index in [0.29, 0.717) is 12.3 Å². The Bertz CT molecular complexity index is 757. The predicted octanol–water partition coefficient (Wildman–Crippen LogP) is 0.641. The maximum atomic E-state index is 12.4. The highest BCUT2D eigenvalue weighted by Crippen LogP contribution is 2.24. The number of carbonyl (C=O) groups excluding carboxylic acids is 1. The van der Waals surface area contributed by atoms with Gasteiger partial charge < -0.3 is 19.9 Å². The number of thiophene rings is 1. The summed E-state index contributed by atoms with van der Waals surface area (Å²) in [5, 5.41) is 3.00. The Morgan fingerprint density at radius 3 is 2.58 bits per heavy atom. The largest absolute Gasteiger partial charge is 0.495 e. The lowest BCUT2D eigenvalue weighted by Gasteiger charge is -2.29. The first-order valence-corrected chi connectivity index (χ1v) is 10.1. The minimum absolute atomic E-state index is 0.0392. The van der Waals surface area contributed by atoms with Gasteiger partial charge in [0.2, 0.25) is 0 Å². The molecule has 2 aromatic rings. The van der Waals surface area contributed by atoms with E-state index in [1.165, 1.54) is 9.78 Å². The number of nitrogens with one attached hydrogen (secondary N) is 3. The van der Waals surface area contributed by atoms with Gasteiger partial charge >= 0.3 is 0 Å². The van der Waals surface area contributed by atoms with Gasteiger partial charge in [-0.2, -0.15) is 0 Å². The Morgan fingerprint density at radius 2 is 1.92 bits per heavy atom. The number of hydrogen-bond acceptors (Lipinski definition) is 3. The Balaban J connectivity index is 1.47. The zero-order chi connectivity index (χ0) is 18.5. The molecular weight excluding hydrogens is 370 g/mol. The number of methoxy groups -OCH3 is 1. The number of anilines is 1. The number of halogens is 1. The highest BCUT2D eigenvalue weighted by Gasteiger charge is 2.25. The van der Waals surface area contributed by atoms with E-state index in [1.807, 2.05) is 31.2 Å². The fourth-order valence-corrected chi connectivity index (χ4v) is 4.50. The fraction of sp³-hybridized carbons (Fsp3) is 0.421. The molecule has 1 fully saturated rings. The van der Waals surface area contributed by atoms with Crippen LogP contribution in [0.1, 0.15) is 10.4 Å². The standard InChI is InChI=1S/C19H24ClN3O2S/c1-14-3-5-17(25-2)16(11-14)21-19(24)13-23-9-7-22(8-10-23)12-15-4-6-18(20)26-15/h3-6,11H,7-10,12-13H2,1-2H3,(H,21,24)/p+2. The smallest absolute Gasteiger partial charge is 0.279 e. The maximum absolute atomic E-state index is 12.4. The van der Waals surface area contributed by atoms with Crippen molar-refractivity contribution in [3.8, 4) is 5.75 Å². The van der Waals surface area contributed by atoms with Crippen molar-refractivity contribution in [2.75, 3.05) is 45.2 Å². The van der Waals surface area contributed by atoms with Gasteiger partial charge in [-0.05, 0) is 36.8 Å².